The van der Waals surface area contributed by atoms with Crippen LogP contribution in [0.3, 0.4) is 0 Å². The van der Waals surface area contributed by atoms with Crippen LogP contribution < -0.4 is 10.1 Å². The van der Waals surface area contributed by atoms with Gasteiger partial charge in [0.25, 0.3) is 11.8 Å². The molecular formula is C15H18N2O4. The van der Waals surface area contributed by atoms with Gasteiger partial charge in [-0.2, -0.15) is 0 Å². The van der Waals surface area contributed by atoms with Gasteiger partial charge in [-0.05, 0) is 31.2 Å². The van der Waals surface area contributed by atoms with Gasteiger partial charge < -0.3 is 14.8 Å². The van der Waals surface area contributed by atoms with Gasteiger partial charge in [0.05, 0.1) is 19.8 Å². The van der Waals surface area contributed by atoms with Crippen molar-refractivity contribution < 1.29 is 19.1 Å². The molecule has 0 aliphatic carbocycles. The fraction of sp³-hybridized carbons (Fsp3) is 0.333. The van der Waals surface area contributed by atoms with E-state index in [1.165, 1.54) is 13.2 Å². The van der Waals surface area contributed by atoms with Gasteiger partial charge in [0.15, 0.2) is 0 Å². The number of nitrogens with one attached hydrogen (secondary N) is 1. The summed E-state index contributed by atoms with van der Waals surface area (Å²) in [6.45, 7) is 3.08. The van der Waals surface area contributed by atoms with Crippen LogP contribution in [0.4, 0.5) is 5.69 Å². The third-order valence-corrected chi connectivity index (χ3v) is 2.97. The summed E-state index contributed by atoms with van der Waals surface area (Å²) in [5, 5.41) is 2.95. The molecule has 21 heavy (non-hydrogen) atoms. The molecule has 0 atom stereocenters. The lowest BCUT2D eigenvalue weighted by Crippen LogP contribution is -2.34. The van der Waals surface area contributed by atoms with Crippen LogP contribution >= 0.6 is 0 Å². The maximum Gasteiger partial charge on any atom is 0.277 e. The third kappa shape index (κ3) is 3.61. The summed E-state index contributed by atoms with van der Waals surface area (Å²) in [6, 6.07) is 7.19. The second-order valence-electron chi connectivity index (χ2n) is 4.43. The topological polar surface area (TPSA) is 67.9 Å². The van der Waals surface area contributed by atoms with Gasteiger partial charge in [-0.3, -0.25) is 14.5 Å². The molecule has 0 fully saturated rings. The minimum absolute atomic E-state index is 0.249. The number of methoxy groups -OCH3 is 1. The van der Waals surface area contributed by atoms with Crippen molar-refractivity contribution in [2.24, 2.45) is 0 Å². The minimum Gasteiger partial charge on any atom is -0.494 e. The second-order valence-corrected chi connectivity index (χ2v) is 4.43. The first-order chi connectivity index (χ1) is 10.2. The molecular weight excluding hydrogens is 272 g/mol. The van der Waals surface area contributed by atoms with Crippen LogP contribution in [0, 0.1) is 0 Å². The van der Waals surface area contributed by atoms with E-state index in [1.54, 1.807) is 24.3 Å². The van der Waals surface area contributed by atoms with Crippen molar-refractivity contribution in [1.82, 2.24) is 4.90 Å². The van der Waals surface area contributed by atoms with Gasteiger partial charge in [0.1, 0.15) is 11.4 Å². The predicted octanol–water partition coefficient (Wildman–Crippen LogP) is 1.40. The number of nitrogens with zero attached hydrogens (tertiary/aromatic N) is 1. The van der Waals surface area contributed by atoms with E-state index in [0.717, 1.165) is 16.3 Å². The van der Waals surface area contributed by atoms with Crippen LogP contribution in [0.2, 0.25) is 0 Å². The van der Waals surface area contributed by atoms with Crippen molar-refractivity contribution in [3.05, 3.63) is 36.0 Å². The number of imide groups is 1. The highest BCUT2D eigenvalue weighted by atomic mass is 16.5. The molecule has 1 heterocycles. The fourth-order valence-corrected chi connectivity index (χ4v) is 1.95. The fourth-order valence-electron chi connectivity index (χ4n) is 1.95. The Labute approximate surface area is 123 Å². The van der Waals surface area contributed by atoms with Gasteiger partial charge in [0.2, 0.25) is 0 Å². The van der Waals surface area contributed by atoms with E-state index >= 15 is 0 Å². The van der Waals surface area contributed by atoms with Gasteiger partial charge in [0, 0.05) is 18.9 Å². The molecule has 1 aromatic rings. The first-order valence-corrected chi connectivity index (χ1v) is 6.72. The first-order valence-electron chi connectivity index (χ1n) is 6.72. The highest BCUT2D eigenvalue weighted by molar-refractivity contribution is 6.17. The van der Waals surface area contributed by atoms with Crippen molar-refractivity contribution in [3.63, 3.8) is 0 Å². The highest BCUT2D eigenvalue weighted by Gasteiger charge is 2.30. The van der Waals surface area contributed by atoms with Crippen LogP contribution in [0.25, 0.3) is 0 Å². The summed E-state index contributed by atoms with van der Waals surface area (Å²) in [4.78, 5) is 25.0. The molecule has 0 radical (unpaired) electrons. The molecule has 6 nitrogen and oxygen atoms in total. The quantitative estimate of drug-likeness (QED) is 0.769. The number of ether oxygens (including phenoxy) is 2. The number of benzene rings is 1. The summed E-state index contributed by atoms with van der Waals surface area (Å²) < 4.78 is 10.2. The number of carbonyl (C=O) groups excluding carboxylic acids is 2. The zero-order chi connectivity index (χ0) is 15.2. The maximum absolute atomic E-state index is 12.1. The molecule has 1 N–H and O–H groups in total. The molecule has 1 aliphatic heterocycles. The van der Waals surface area contributed by atoms with Crippen molar-refractivity contribution >= 4 is 17.5 Å². The number of hydrogen-bond donors (Lipinski definition) is 1. The zero-order valence-corrected chi connectivity index (χ0v) is 12.1. The predicted molar refractivity (Wildman–Crippen MR) is 77.9 cm³/mol. The Hall–Kier alpha value is -2.34. The number of carbonyl (C=O) groups is 2. The average Bonchev–Trinajstić information content (AvgIpc) is 2.74. The van der Waals surface area contributed by atoms with E-state index in [9.17, 15) is 9.59 Å². The first kappa shape index (κ1) is 15.1. The van der Waals surface area contributed by atoms with E-state index in [2.05, 4.69) is 5.32 Å². The molecule has 112 valence electrons. The summed E-state index contributed by atoms with van der Waals surface area (Å²) in [6.07, 6.45) is 1.30. The molecule has 6 heteroatoms. The average molecular weight is 290 g/mol. The van der Waals surface area contributed by atoms with Crippen LogP contribution in [-0.2, 0) is 14.3 Å². The number of hydrogen-bond acceptors (Lipinski definition) is 5. The lowest BCUT2D eigenvalue weighted by Gasteiger charge is -2.14. The van der Waals surface area contributed by atoms with Crippen LogP contribution in [0.15, 0.2) is 36.0 Å². The normalized spacial score (nSPS) is 14.4. The smallest absolute Gasteiger partial charge is 0.277 e. The van der Waals surface area contributed by atoms with Crippen LogP contribution in [0.1, 0.15) is 6.92 Å². The van der Waals surface area contributed by atoms with Crippen LogP contribution in [0.5, 0.6) is 5.75 Å². The molecule has 0 aromatic heterocycles. The second kappa shape index (κ2) is 6.90. The Morgan fingerprint density at radius 2 is 1.90 bits per heavy atom. The lowest BCUT2D eigenvalue weighted by atomic mass is 10.3. The summed E-state index contributed by atoms with van der Waals surface area (Å²) in [7, 11) is 1.53. The molecule has 2 amide bonds. The minimum atomic E-state index is -0.342. The van der Waals surface area contributed by atoms with Crippen molar-refractivity contribution in [2.45, 2.75) is 6.92 Å². The Bertz CT molecular complexity index is 551. The van der Waals surface area contributed by atoms with E-state index in [0.29, 0.717) is 13.2 Å². The Kier molecular flexibility index (Phi) is 4.94. The van der Waals surface area contributed by atoms with Crippen molar-refractivity contribution in [2.75, 3.05) is 32.2 Å². The van der Waals surface area contributed by atoms with Gasteiger partial charge >= 0.3 is 0 Å². The standard InChI is InChI=1S/C15H18N2O4/c1-3-21-12-6-4-11(5-7-12)16-13-10-14(18)17(15(13)19)8-9-20-2/h4-7,10,16H,3,8-9H2,1-2H3. The number of rotatable bonds is 7. The van der Waals surface area contributed by atoms with E-state index in [4.69, 9.17) is 9.47 Å². The Morgan fingerprint density at radius 1 is 1.19 bits per heavy atom. The molecule has 0 unspecified atom stereocenters. The Balaban J connectivity index is 2.01. The molecule has 2 rings (SSSR count). The SMILES string of the molecule is CCOc1ccc(NC2=CC(=O)N(CCOC)C2=O)cc1. The molecule has 1 aliphatic rings. The molecule has 0 bridgehead atoms. The van der Waals surface area contributed by atoms with E-state index < -0.39 is 0 Å². The van der Waals surface area contributed by atoms with Gasteiger partial charge in [-0.15, -0.1) is 0 Å². The Morgan fingerprint density at radius 3 is 2.52 bits per heavy atom. The number of amides is 2. The van der Waals surface area contributed by atoms with Gasteiger partial charge in [-0.1, -0.05) is 0 Å². The molecule has 1 aromatic carbocycles. The van der Waals surface area contributed by atoms with Crippen molar-refractivity contribution in [1.29, 1.82) is 0 Å². The summed E-state index contributed by atoms with van der Waals surface area (Å²) in [5.74, 6) is 0.0870. The lowest BCUT2D eigenvalue weighted by molar-refractivity contribution is -0.137. The third-order valence-electron chi connectivity index (χ3n) is 2.97. The van der Waals surface area contributed by atoms with E-state index in [-0.39, 0.29) is 24.1 Å². The largest absolute Gasteiger partial charge is 0.494 e. The molecule has 0 saturated heterocycles. The van der Waals surface area contributed by atoms with Crippen molar-refractivity contribution in [3.8, 4) is 5.75 Å². The monoisotopic (exact) mass is 290 g/mol. The zero-order valence-electron chi connectivity index (χ0n) is 12.1. The van der Waals surface area contributed by atoms with E-state index in [1.807, 2.05) is 6.92 Å². The summed E-state index contributed by atoms with van der Waals surface area (Å²) in [5.41, 5.74) is 0.986. The molecule has 0 spiro atoms. The number of anilines is 1. The van der Waals surface area contributed by atoms with Crippen LogP contribution in [-0.4, -0.2) is 43.6 Å². The van der Waals surface area contributed by atoms with Gasteiger partial charge in [-0.25, -0.2) is 0 Å². The summed E-state index contributed by atoms with van der Waals surface area (Å²) >= 11 is 0. The molecule has 0 saturated carbocycles. The maximum atomic E-state index is 12.1. The highest BCUT2D eigenvalue weighted by Crippen LogP contribution is 2.20.